The highest BCUT2D eigenvalue weighted by atomic mass is 14.9. The van der Waals surface area contributed by atoms with Gasteiger partial charge in [0.05, 0.1) is 5.69 Å². The zero-order valence-corrected chi connectivity index (χ0v) is 12.9. The molecule has 4 heteroatoms. The second-order valence-electron chi connectivity index (χ2n) is 5.56. The molecule has 4 N–H and O–H groups in total. The molecule has 3 rings (SSSR count). The van der Waals surface area contributed by atoms with Gasteiger partial charge < -0.3 is 16.5 Å². The molecule has 0 aliphatic heterocycles. The summed E-state index contributed by atoms with van der Waals surface area (Å²) < 4.78 is 0. The number of pyridine rings is 1. The van der Waals surface area contributed by atoms with Gasteiger partial charge in [0.15, 0.2) is 0 Å². The van der Waals surface area contributed by atoms with Crippen molar-refractivity contribution in [3.8, 4) is 11.1 Å². The van der Waals surface area contributed by atoms with Crippen LogP contribution in [0.5, 0.6) is 0 Å². The largest absolute Gasteiger partial charge is 0.398 e. The Morgan fingerprint density at radius 1 is 1.17 bits per heavy atom. The van der Waals surface area contributed by atoms with Crippen molar-refractivity contribution in [3.63, 3.8) is 0 Å². The molecule has 0 spiro atoms. The quantitative estimate of drug-likeness (QED) is 0.577. The fourth-order valence-corrected chi connectivity index (χ4v) is 2.58. The average molecular weight is 304 g/mol. The van der Waals surface area contributed by atoms with Crippen molar-refractivity contribution in [1.29, 1.82) is 5.41 Å². The van der Waals surface area contributed by atoms with E-state index < -0.39 is 0 Å². The van der Waals surface area contributed by atoms with Crippen LogP contribution in [0, 0.1) is 5.41 Å². The van der Waals surface area contributed by atoms with Gasteiger partial charge in [-0.3, -0.25) is 4.98 Å². The number of hydrogen-bond donors (Lipinski definition) is 3. The van der Waals surface area contributed by atoms with E-state index in [0.717, 1.165) is 41.8 Å². The first-order valence-electron chi connectivity index (χ1n) is 7.71. The molecule has 23 heavy (non-hydrogen) atoms. The molecule has 1 heterocycles. The standard InChI is InChI=1S/C19H20N4/c20-10-16-8-15(6-7-19(16)21)17-9-18(13-22-12-17)23-11-14-4-2-1-3-5-14/h2,4-10,12-13,20,23H,1,3,11,21H2. The van der Waals surface area contributed by atoms with Gasteiger partial charge in [0.1, 0.15) is 0 Å². The van der Waals surface area contributed by atoms with Gasteiger partial charge in [-0.2, -0.15) is 0 Å². The number of nitrogens with two attached hydrogens (primary N) is 1. The Hall–Kier alpha value is -2.88. The summed E-state index contributed by atoms with van der Waals surface area (Å²) in [5.74, 6) is 0. The molecule has 0 saturated carbocycles. The molecular weight excluding hydrogens is 284 g/mol. The van der Waals surface area contributed by atoms with E-state index in [1.807, 2.05) is 30.6 Å². The molecule has 0 saturated heterocycles. The molecule has 0 unspecified atom stereocenters. The first-order chi connectivity index (χ1) is 11.3. The summed E-state index contributed by atoms with van der Waals surface area (Å²) in [6.45, 7) is 0.801. The van der Waals surface area contributed by atoms with E-state index in [2.05, 4.69) is 34.6 Å². The number of hydrogen-bond acceptors (Lipinski definition) is 4. The van der Waals surface area contributed by atoms with Crippen LogP contribution in [-0.4, -0.2) is 17.7 Å². The third-order valence-electron chi connectivity index (χ3n) is 3.88. The summed E-state index contributed by atoms with van der Waals surface area (Å²) in [4.78, 5) is 4.31. The Bertz CT molecular complexity index is 775. The van der Waals surface area contributed by atoms with Gasteiger partial charge in [-0.1, -0.05) is 24.3 Å². The zero-order valence-electron chi connectivity index (χ0n) is 12.9. The first-order valence-corrected chi connectivity index (χ1v) is 7.71. The number of allylic oxidation sites excluding steroid dienone is 2. The number of nitrogen functional groups attached to an aromatic ring is 1. The average Bonchev–Trinajstić information content (AvgIpc) is 2.61. The molecule has 116 valence electrons. The number of nitrogens with zero attached hydrogens (tertiary/aromatic N) is 1. The lowest BCUT2D eigenvalue weighted by molar-refractivity contribution is 1.00. The number of anilines is 2. The predicted molar refractivity (Wildman–Crippen MR) is 96.9 cm³/mol. The third-order valence-corrected chi connectivity index (χ3v) is 3.88. The number of aromatic nitrogens is 1. The van der Waals surface area contributed by atoms with Crippen LogP contribution < -0.4 is 11.1 Å². The lowest BCUT2D eigenvalue weighted by Gasteiger charge is -2.11. The van der Waals surface area contributed by atoms with Crippen LogP contribution in [-0.2, 0) is 0 Å². The third kappa shape index (κ3) is 3.66. The SMILES string of the molecule is N=Cc1cc(-c2cncc(NCC3=CCCC=C3)c2)ccc1N. The normalized spacial score (nSPS) is 13.5. The van der Waals surface area contributed by atoms with Gasteiger partial charge >= 0.3 is 0 Å². The molecule has 4 nitrogen and oxygen atoms in total. The summed E-state index contributed by atoms with van der Waals surface area (Å²) >= 11 is 0. The number of nitrogens with one attached hydrogen (secondary N) is 2. The second-order valence-corrected chi connectivity index (χ2v) is 5.56. The topological polar surface area (TPSA) is 74.8 Å². The lowest BCUT2D eigenvalue weighted by atomic mass is 10.0. The molecule has 1 aliphatic rings. The van der Waals surface area contributed by atoms with E-state index in [1.54, 1.807) is 0 Å². The summed E-state index contributed by atoms with van der Waals surface area (Å²) in [5.41, 5.74) is 11.5. The van der Waals surface area contributed by atoms with Gasteiger partial charge in [-0.05, 0) is 42.2 Å². The van der Waals surface area contributed by atoms with Crippen molar-refractivity contribution in [2.24, 2.45) is 0 Å². The fraction of sp³-hybridized carbons (Fsp3) is 0.158. The molecule has 0 fully saturated rings. The summed E-state index contributed by atoms with van der Waals surface area (Å²) in [6, 6.07) is 7.76. The van der Waals surface area contributed by atoms with Crippen molar-refractivity contribution in [3.05, 3.63) is 66.0 Å². The molecule has 2 aromatic rings. The summed E-state index contributed by atoms with van der Waals surface area (Å²) in [7, 11) is 0. The van der Waals surface area contributed by atoms with Crippen LogP contribution in [0.1, 0.15) is 18.4 Å². The van der Waals surface area contributed by atoms with E-state index in [0.29, 0.717) is 5.69 Å². The summed E-state index contributed by atoms with van der Waals surface area (Å²) in [6.07, 6.45) is 13.8. The molecular formula is C19H20N4. The highest BCUT2D eigenvalue weighted by Gasteiger charge is 2.04. The fourth-order valence-electron chi connectivity index (χ4n) is 2.58. The van der Waals surface area contributed by atoms with Crippen LogP contribution >= 0.6 is 0 Å². The van der Waals surface area contributed by atoms with Gasteiger partial charge in [-0.15, -0.1) is 0 Å². The number of rotatable bonds is 5. The summed E-state index contributed by atoms with van der Waals surface area (Å²) in [5, 5.41) is 10.8. The van der Waals surface area contributed by atoms with Crippen molar-refractivity contribution in [2.45, 2.75) is 12.8 Å². The van der Waals surface area contributed by atoms with Crippen LogP contribution in [0.2, 0.25) is 0 Å². The van der Waals surface area contributed by atoms with E-state index in [9.17, 15) is 0 Å². The van der Waals surface area contributed by atoms with Crippen LogP contribution in [0.25, 0.3) is 11.1 Å². The Morgan fingerprint density at radius 3 is 2.87 bits per heavy atom. The molecule has 1 aromatic heterocycles. The van der Waals surface area contributed by atoms with E-state index in [-0.39, 0.29) is 0 Å². The first kappa shape index (κ1) is 15.0. The van der Waals surface area contributed by atoms with E-state index in [4.69, 9.17) is 11.1 Å². The predicted octanol–water partition coefficient (Wildman–Crippen LogP) is 4.02. The maximum Gasteiger partial charge on any atom is 0.0535 e. The Kier molecular flexibility index (Phi) is 4.52. The maximum atomic E-state index is 7.42. The smallest absolute Gasteiger partial charge is 0.0535 e. The Labute approximate surface area is 136 Å². The van der Waals surface area contributed by atoms with Crippen molar-refractivity contribution >= 4 is 17.6 Å². The molecule has 0 amide bonds. The molecule has 0 radical (unpaired) electrons. The van der Waals surface area contributed by atoms with Crippen molar-refractivity contribution < 1.29 is 0 Å². The minimum atomic E-state index is 0.613. The highest BCUT2D eigenvalue weighted by molar-refractivity contribution is 5.87. The van der Waals surface area contributed by atoms with Gasteiger partial charge in [-0.25, -0.2) is 0 Å². The zero-order chi connectivity index (χ0) is 16.1. The maximum absolute atomic E-state index is 7.42. The van der Waals surface area contributed by atoms with E-state index in [1.165, 1.54) is 11.8 Å². The molecule has 0 bridgehead atoms. The molecule has 0 atom stereocenters. The number of benzene rings is 1. The van der Waals surface area contributed by atoms with E-state index >= 15 is 0 Å². The second kappa shape index (κ2) is 6.92. The van der Waals surface area contributed by atoms with Crippen molar-refractivity contribution in [1.82, 2.24) is 4.98 Å². The minimum Gasteiger partial charge on any atom is -0.398 e. The van der Waals surface area contributed by atoms with Crippen LogP contribution in [0.15, 0.2) is 60.5 Å². The van der Waals surface area contributed by atoms with Crippen LogP contribution in [0.4, 0.5) is 11.4 Å². The lowest BCUT2D eigenvalue weighted by Crippen LogP contribution is -2.05. The van der Waals surface area contributed by atoms with Crippen molar-refractivity contribution in [2.75, 3.05) is 17.6 Å². The highest BCUT2D eigenvalue weighted by Crippen LogP contribution is 2.24. The van der Waals surface area contributed by atoms with Gasteiger partial charge in [0.2, 0.25) is 0 Å². The minimum absolute atomic E-state index is 0.613. The van der Waals surface area contributed by atoms with Gasteiger partial charge in [0.25, 0.3) is 0 Å². The molecule has 1 aliphatic carbocycles. The Balaban J connectivity index is 1.78. The van der Waals surface area contributed by atoms with Gasteiger partial charge in [0, 0.05) is 42.0 Å². The molecule has 1 aromatic carbocycles. The monoisotopic (exact) mass is 304 g/mol. The van der Waals surface area contributed by atoms with Crippen LogP contribution in [0.3, 0.4) is 0 Å². The Morgan fingerprint density at radius 2 is 2.09 bits per heavy atom.